The summed E-state index contributed by atoms with van der Waals surface area (Å²) < 4.78 is 44.7. The molecule has 0 aromatic heterocycles. The van der Waals surface area contributed by atoms with E-state index in [1.165, 1.54) is 78.3 Å². The first-order valence-electron chi connectivity index (χ1n) is 22.0. The summed E-state index contributed by atoms with van der Waals surface area (Å²) in [6.07, 6.45) is 12.7. The molecular formula is C53H50ClN3O8S2. The van der Waals surface area contributed by atoms with Crippen LogP contribution >= 0.6 is 23.5 Å². The number of benzene rings is 6. The summed E-state index contributed by atoms with van der Waals surface area (Å²) in [5.41, 5.74) is 8.45. The van der Waals surface area contributed by atoms with Crippen molar-refractivity contribution < 1.29 is 52.8 Å². The van der Waals surface area contributed by atoms with Crippen molar-refractivity contribution >= 4 is 79.8 Å². The summed E-state index contributed by atoms with van der Waals surface area (Å²) in [4.78, 5) is 32.0. The number of nitrogens with one attached hydrogen (secondary N) is 1. The van der Waals surface area contributed by atoms with E-state index in [9.17, 15) is 9.59 Å². The van der Waals surface area contributed by atoms with Gasteiger partial charge in [-0.25, -0.2) is 18.6 Å². The molecule has 1 aliphatic carbocycles. The summed E-state index contributed by atoms with van der Waals surface area (Å²) in [6.45, 7) is 5.31. The molecule has 6 aromatic carbocycles. The zero-order chi connectivity index (χ0) is 46.9. The number of thioether (sulfide) groups is 2. The molecule has 0 fully saturated rings. The van der Waals surface area contributed by atoms with Crippen molar-refractivity contribution in [3.05, 3.63) is 180 Å². The summed E-state index contributed by atoms with van der Waals surface area (Å²) in [6, 6.07) is 47.7. The molecule has 0 amide bonds. The Balaban J connectivity index is 0.00000116. The van der Waals surface area contributed by atoms with Crippen LogP contribution in [-0.2, 0) is 19.1 Å². The quantitative estimate of drug-likeness (QED) is 0.0891. The Kier molecular flexibility index (Phi) is 15.5. The summed E-state index contributed by atoms with van der Waals surface area (Å²) >= 11 is 3.71. The van der Waals surface area contributed by atoms with E-state index in [1.54, 1.807) is 11.8 Å². The van der Waals surface area contributed by atoms with E-state index in [-0.39, 0.29) is 17.3 Å². The van der Waals surface area contributed by atoms with Crippen LogP contribution < -0.4 is 33.3 Å². The number of fused-ring (bicyclic) bond motifs is 4. The molecule has 67 heavy (non-hydrogen) atoms. The van der Waals surface area contributed by atoms with Crippen molar-refractivity contribution in [2.75, 3.05) is 36.1 Å². The Morgan fingerprint density at radius 1 is 0.716 bits per heavy atom. The Morgan fingerprint density at radius 2 is 1.25 bits per heavy atom. The van der Waals surface area contributed by atoms with Crippen LogP contribution in [-0.4, -0.2) is 43.6 Å². The van der Waals surface area contributed by atoms with Gasteiger partial charge < -0.3 is 19.3 Å². The van der Waals surface area contributed by atoms with Gasteiger partial charge in [0.15, 0.2) is 5.37 Å². The highest BCUT2D eigenvalue weighted by Crippen LogP contribution is 2.49. The summed E-state index contributed by atoms with van der Waals surface area (Å²) in [7, 11) is -4.94. The number of carbonyl (C=O) groups excluding carboxylic acids is 2. The highest BCUT2D eigenvalue weighted by Gasteiger charge is 2.35. The van der Waals surface area contributed by atoms with Gasteiger partial charge in [-0.2, -0.15) is 0 Å². The molecular weight excluding hydrogens is 906 g/mol. The zero-order valence-electron chi connectivity index (χ0n) is 37.1. The molecule has 14 heteroatoms. The number of ether oxygens (including phenoxy) is 2. The van der Waals surface area contributed by atoms with Crippen molar-refractivity contribution in [1.29, 1.82) is 0 Å². The Morgan fingerprint density at radius 3 is 1.85 bits per heavy atom. The third-order valence-electron chi connectivity index (χ3n) is 11.5. The predicted molar refractivity (Wildman–Crippen MR) is 255 cm³/mol. The SMILES string of the molecule is CC(=O)OCCCN1C(=CC=C2CCC(C=CC3Sc4cc5ccccc5cc4[NH+]3CCCOC(C)=O)=C2N(c2ccccc2)c2ccccc2)Sc2cc3ccccc3cc21.[O-][Cl+3]([O-])([O-])[O-]. The Labute approximate surface area is 401 Å². The maximum absolute atomic E-state index is 11.6. The number of rotatable bonds is 14. The lowest BCUT2D eigenvalue weighted by atomic mass is 10.1. The van der Waals surface area contributed by atoms with Gasteiger partial charge in [-0.3, -0.25) is 14.5 Å². The van der Waals surface area contributed by atoms with E-state index in [0.717, 1.165) is 55.2 Å². The zero-order valence-corrected chi connectivity index (χ0v) is 39.5. The number of quaternary nitrogens is 1. The van der Waals surface area contributed by atoms with Crippen LogP contribution in [0.2, 0.25) is 0 Å². The number of hydrogen-bond acceptors (Lipinski definition) is 12. The third kappa shape index (κ3) is 12.2. The fourth-order valence-electron chi connectivity index (χ4n) is 8.68. The van der Waals surface area contributed by atoms with Crippen LogP contribution in [0.4, 0.5) is 22.7 Å². The smallest absolute Gasteiger partial charge is 0.302 e. The molecule has 9 rings (SSSR count). The number of allylic oxidation sites excluding steroid dienone is 5. The van der Waals surface area contributed by atoms with Gasteiger partial charge in [0.25, 0.3) is 0 Å². The number of esters is 2. The maximum atomic E-state index is 11.6. The summed E-state index contributed by atoms with van der Waals surface area (Å²) in [5, 5.41) is 6.21. The molecule has 2 unspecified atom stereocenters. The van der Waals surface area contributed by atoms with E-state index in [0.29, 0.717) is 13.2 Å². The Hall–Kier alpha value is -5.87. The van der Waals surface area contributed by atoms with Crippen LogP contribution in [0.3, 0.4) is 0 Å². The van der Waals surface area contributed by atoms with Crippen LogP contribution in [0.15, 0.2) is 189 Å². The van der Waals surface area contributed by atoms with Crippen molar-refractivity contribution in [3.63, 3.8) is 0 Å². The average molecular weight is 957 g/mol. The molecule has 0 radical (unpaired) electrons. The average Bonchev–Trinajstić information content (AvgIpc) is 3.98. The first-order valence-corrected chi connectivity index (χ1v) is 25.0. The molecule has 1 N–H and O–H groups in total. The van der Waals surface area contributed by atoms with Crippen LogP contribution in [0, 0.1) is 10.2 Å². The Bertz CT molecular complexity index is 2820. The van der Waals surface area contributed by atoms with Gasteiger partial charge in [-0.05, 0) is 107 Å². The molecule has 2 aliphatic heterocycles. The minimum absolute atomic E-state index is 0.148. The van der Waals surface area contributed by atoms with Gasteiger partial charge in [-0.1, -0.05) is 121 Å². The van der Waals surface area contributed by atoms with Gasteiger partial charge in [0.05, 0.1) is 41.1 Å². The molecule has 3 aliphatic rings. The maximum Gasteiger partial charge on any atom is 0.302 e. The van der Waals surface area contributed by atoms with Crippen LogP contribution in [0.1, 0.15) is 39.5 Å². The lowest BCUT2D eigenvalue weighted by Crippen LogP contribution is -3.09. The number of hydrogen-bond donors (Lipinski definition) is 1. The first-order chi connectivity index (χ1) is 32.4. The number of halogens is 1. The molecule has 344 valence electrons. The summed E-state index contributed by atoms with van der Waals surface area (Å²) in [5.74, 6) is -0.491. The molecule has 2 heterocycles. The van der Waals surface area contributed by atoms with Crippen molar-refractivity contribution in [2.24, 2.45) is 0 Å². The van der Waals surface area contributed by atoms with Gasteiger partial charge in [0, 0.05) is 49.1 Å². The molecule has 0 saturated carbocycles. The normalized spacial score (nSPS) is 17.9. The lowest BCUT2D eigenvalue weighted by Gasteiger charge is -2.28. The van der Waals surface area contributed by atoms with E-state index in [2.05, 4.69) is 168 Å². The number of nitrogens with zero attached hydrogens (tertiary/aromatic N) is 2. The standard InChI is InChI=1S/C53H49N3O4S2.ClHO4/c1-37(57)59-31-13-29-54-47-33-41-15-9-11-17-43(41)35-49(47)61-51(54)27-25-39-23-24-40(53(39)56(45-19-5-3-6-20-45)46-21-7-4-8-22-46)26-28-52-55(30-14-32-60-38(2)58)48-34-42-16-10-12-18-44(42)36-50(48)62-52;2-1(3,4)5/h3-12,15-22,25-28,33-36,51H,13-14,23-24,29-32H2,1-2H3;(H,2,3,4,5). The monoisotopic (exact) mass is 955 g/mol. The second kappa shape index (κ2) is 21.8. The molecule has 2 atom stereocenters. The molecule has 6 aromatic rings. The van der Waals surface area contributed by atoms with Crippen molar-refractivity contribution in [1.82, 2.24) is 0 Å². The first kappa shape index (κ1) is 47.6. The molecule has 11 nitrogen and oxygen atoms in total. The predicted octanol–water partition coefficient (Wildman–Crippen LogP) is 6.91. The fraction of sp³-hybridized carbons (Fsp3) is 0.208. The van der Waals surface area contributed by atoms with E-state index >= 15 is 0 Å². The molecule has 0 bridgehead atoms. The van der Waals surface area contributed by atoms with Crippen LogP contribution in [0.5, 0.6) is 0 Å². The lowest BCUT2D eigenvalue weighted by molar-refractivity contribution is -2.00. The highest BCUT2D eigenvalue weighted by molar-refractivity contribution is 8.03. The number of para-hydroxylation sites is 2. The van der Waals surface area contributed by atoms with E-state index in [4.69, 9.17) is 28.1 Å². The second-order valence-corrected chi connectivity index (χ2v) is 19.1. The minimum Gasteiger partial charge on any atom is -0.466 e. The fourth-order valence-corrected chi connectivity index (χ4v) is 11.1. The minimum atomic E-state index is -4.94. The van der Waals surface area contributed by atoms with E-state index < -0.39 is 10.2 Å². The van der Waals surface area contributed by atoms with E-state index in [1.807, 2.05) is 11.8 Å². The van der Waals surface area contributed by atoms with Gasteiger partial charge in [0.1, 0.15) is 5.69 Å². The topological polar surface area (TPSA) is 156 Å². The number of anilines is 3. The second-order valence-electron chi connectivity index (χ2n) is 16.1. The van der Waals surface area contributed by atoms with Gasteiger partial charge >= 0.3 is 11.9 Å². The highest BCUT2D eigenvalue weighted by atomic mass is 35.7. The van der Waals surface area contributed by atoms with Gasteiger partial charge in [0.2, 0.25) is 0 Å². The van der Waals surface area contributed by atoms with Gasteiger partial charge in [-0.15, -0.1) is 10.2 Å². The number of carbonyl (C=O) groups is 2. The van der Waals surface area contributed by atoms with Crippen molar-refractivity contribution in [2.45, 2.75) is 54.7 Å². The largest absolute Gasteiger partial charge is 0.466 e. The molecule has 0 spiro atoms. The van der Waals surface area contributed by atoms with Crippen LogP contribution in [0.25, 0.3) is 21.5 Å². The third-order valence-corrected chi connectivity index (χ3v) is 13.9. The molecule has 0 saturated heterocycles. The van der Waals surface area contributed by atoms with Crippen molar-refractivity contribution in [3.8, 4) is 0 Å².